The second-order valence-electron chi connectivity index (χ2n) is 5.83. The van der Waals surface area contributed by atoms with Gasteiger partial charge in [0.2, 0.25) is 0 Å². The monoisotopic (exact) mass is 280 g/mol. The SMILES string of the molecule is c1ccc(N[C@H](CN2CCCCC2)c2ccccc2)cc1. The van der Waals surface area contributed by atoms with E-state index >= 15 is 0 Å². The number of para-hydroxylation sites is 1. The van der Waals surface area contributed by atoms with Gasteiger partial charge in [-0.05, 0) is 43.6 Å². The fraction of sp³-hybridized carbons (Fsp3) is 0.368. The van der Waals surface area contributed by atoms with Gasteiger partial charge < -0.3 is 10.2 Å². The molecule has 2 aromatic rings. The van der Waals surface area contributed by atoms with Crippen LogP contribution in [0.2, 0.25) is 0 Å². The highest BCUT2D eigenvalue weighted by Crippen LogP contribution is 2.22. The number of hydrogen-bond acceptors (Lipinski definition) is 2. The van der Waals surface area contributed by atoms with Crippen molar-refractivity contribution in [3.63, 3.8) is 0 Å². The zero-order chi connectivity index (χ0) is 14.3. The van der Waals surface area contributed by atoms with Crippen LogP contribution in [0, 0.1) is 0 Å². The van der Waals surface area contributed by atoms with E-state index < -0.39 is 0 Å². The van der Waals surface area contributed by atoms with Crippen molar-refractivity contribution in [3.8, 4) is 0 Å². The van der Waals surface area contributed by atoms with Crippen LogP contribution in [0.1, 0.15) is 30.9 Å². The van der Waals surface area contributed by atoms with E-state index in [2.05, 4.69) is 70.9 Å². The summed E-state index contributed by atoms with van der Waals surface area (Å²) >= 11 is 0. The maximum absolute atomic E-state index is 3.70. The second-order valence-corrected chi connectivity index (χ2v) is 5.83. The quantitative estimate of drug-likeness (QED) is 0.877. The Kier molecular flexibility index (Phi) is 4.90. The third-order valence-corrected chi connectivity index (χ3v) is 4.21. The molecule has 0 spiro atoms. The Morgan fingerprint density at radius 2 is 1.43 bits per heavy atom. The zero-order valence-corrected chi connectivity index (χ0v) is 12.5. The number of nitrogens with zero attached hydrogens (tertiary/aromatic N) is 1. The van der Waals surface area contributed by atoms with Crippen molar-refractivity contribution in [1.82, 2.24) is 4.90 Å². The Bertz CT molecular complexity index is 518. The summed E-state index contributed by atoms with van der Waals surface area (Å²) < 4.78 is 0. The number of hydrogen-bond donors (Lipinski definition) is 1. The lowest BCUT2D eigenvalue weighted by molar-refractivity contribution is 0.220. The summed E-state index contributed by atoms with van der Waals surface area (Å²) in [5.74, 6) is 0. The maximum atomic E-state index is 3.70. The van der Waals surface area contributed by atoms with Crippen LogP contribution in [-0.4, -0.2) is 24.5 Å². The molecular weight excluding hydrogens is 256 g/mol. The highest BCUT2D eigenvalue weighted by Gasteiger charge is 2.17. The van der Waals surface area contributed by atoms with Gasteiger partial charge in [0.1, 0.15) is 0 Å². The van der Waals surface area contributed by atoms with Crippen molar-refractivity contribution in [3.05, 3.63) is 66.2 Å². The largest absolute Gasteiger partial charge is 0.377 e. The Morgan fingerprint density at radius 3 is 2.10 bits per heavy atom. The molecule has 1 N–H and O–H groups in total. The standard InChI is InChI=1S/C19H24N2/c1-4-10-17(11-5-1)19(16-21-14-8-3-9-15-21)20-18-12-6-2-7-13-18/h1-2,4-7,10-13,19-20H,3,8-9,14-16H2/t19-/m1/s1. The molecule has 0 saturated carbocycles. The molecule has 110 valence electrons. The van der Waals surface area contributed by atoms with Crippen molar-refractivity contribution in [2.75, 3.05) is 25.0 Å². The minimum Gasteiger partial charge on any atom is -0.377 e. The van der Waals surface area contributed by atoms with Crippen LogP contribution in [0.4, 0.5) is 5.69 Å². The molecule has 1 aliphatic heterocycles. The van der Waals surface area contributed by atoms with Gasteiger partial charge in [-0.1, -0.05) is 55.0 Å². The molecular formula is C19H24N2. The van der Waals surface area contributed by atoms with Crippen molar-refractivity contribution < 1.29 is 0 Å². The summed E-state index contributed by atoms with van der Waals surface area (Å²) in [5.41, 5.74) is 2.57. The first-order valence-corrected chi connectivity index (χ1v) is 8.01. The van der Waals surface area contributed by atoms with Gasteiger partial charge >= 0.3 is 0 Å². The average Bonchev–Trinajstić information content (AvgIpc) is 2.57. The van der Waals surface area contributed by atoms with Crippen molar-refractivity contribution in [2.24, 2.45) is 0 Å². The van der Waals surface area contributed by atoms with Crippen LogP contribution in [0.15, 0.2) is 60.7 Å². The van der Waals surface area contributed by atoms with Gasteiger partial charge in [0.15, 0.2) is 0 Å². The predicted molar refractivity (Wildman–Crippen MR) is 89.5 cm³/mol. The molecule has 0 radical (unpaired) electrons. The van der Waals surface area contributed by atoms with Crippen molar-refractivity contribution in [2.45, 2.75) is 25.3 Å². The second kappa shape index (κ2) is 7.28. The number of nitrogens with one attached hydrogen (secondary N) is 1. The minimum absolute atomic E-state index is 0.353. The summed E-state index contributed by atoms with van der Waals surface area (Å²) in [6, 6.07) is 21.7. The molecule has 0 unspecified atom stereocenters. The first-order chi connectivity index (χ1) is 10.4. The van der Waals surface area contributed by atoms with Gasteiger partial charge in [0, 0.05) is 12.2 Å². The van der Waals surface area contributed by atoms with Gasteiger partial charge in [-0.25, -0.2) is 0 Å². The van der Waals surface area contributed by atoms with Gasteiger partial charge in [0.05, 0.1) is 6.04 Å². The molecule has 1 atom stereocenters. The molecule has 0 aromatic heterocycles. The summed E-state index contributed by atoms with van der Waals surface area (Å²) in [6.45, 7) is 3.55. The molecule has 3 rings (SSSR count). The first-order valence-electron chi connectivity index (χ1n) is 8.01. The molecule has 2 nitrogen and oxygen atoms in total. The Balaban J connectivity index is 1.74. The average molecular weight is 280 g/mol. The molecule has 2 aromatic carbocycles. The van der Waals surface area contributed by atoms with Gasteiger partial charge in [-0.3, -0.25) is 0 Å². The topological polar surface area (TPSA) is 15.3 Å². The van der Waals surface area contributed by atoms with E-state index in [1.165, 1.54) is 43.6 Å². The van der Waals surface area contributed by atoms with Crippen LogP contribution in [0.5, 0.6) is 0 Å². The number of benzene rings is 2. The Hall–Kier alpha value is -1.80. The molecule has 0 bridgehead atoms. The lowest BCUT2D eigenvalue weighted by atomic mass is 10.0. The minimum atomic E-state index is 0.353. The highest BCUT2D eigenvalue weighted by molar-refractivity contribution is 5.45. The summed E-state index contributed by atoms with van der Waals surface area (Å²) in [4.78, 5) is 2.59. The predicted octanol–water partition coefficient (Wildman–Crippen LogP) is 4.33. The van der Waals surface area contributed by atoms with E-state index in [1.54, 1.807) is 0 Å². The zero-order valence-electron chi connectivity index (χ0n) is 12.5. The number of rotatable bonds is 5. The summed E-state index contributed by atoms with van der Waals surface area (Å²) in [7, 11) is 0. The fourth-order valence-electron chi connectivity index (χ4n) is 3.06. The maximum Gasteiger partial charge on any atom is 0.0640 e. The molecule has 1 heterocycles. The molecule has 21 heavy (non-hydrogen) atoms. The molecule has 2 heteroatoms. The third kappa shape index (κ3) is 4.08. The summed E-state index contributed by atoms with van der Waals surface area (Å²) in [5, 5.41) is 3.70. The lowest BCUT2D eigenvalue weighted by Gasteiger charge is -2.31. The highest BCUT2D eigenvalue weighted by atomic mass is 15.2. The van der Waals surface area contributed by atoms with E-state index in [0.717, 1.165) is 6.54 Å². The molecule has 0 aliphatic carbocycles. The number of anilines is 1. The van der Waals surface area contributed by atoms with Crippen molar-refractivity contribution in [1.29, 1.82) is 0 Å². The first kappa shape index (κ1) is 14.2. The Morgan fingerprint density at radius 1 is 0.810 bits per heavy atom. The normalized spacial score (nSPS) is 17.3. The van der Waals surface area contributed by atoms with E-state index in [4.69, 9.17) is 0 Å². The molecule has 1 aliphatic rings. The van der Waals surface area contributed by atoms with Crippen LogP contribution in [-0.2, 0) is 0 Å². The van der Waals surface area contributed by atoms with Gasteiger partial charge in [0.25, 0.3) is 0 Å². The van der Waals surface area contributed by atoms with Crippen LogP contribution >= 0.6 is 0 Å². The fourth-order valence-corrected chi connectivity index (χ4v) is 3.06. The summed E-state index contributed by atoms with van der Waals surface area (Å²) in [6.07, 6.45) is 4.07. The van der Waals surface area contributed by atoms with E-state index in [1.807, 2.05) is 0 Å². The van der Waals surface area contributed by atoms with Crippen LogP contribution in [0.3, 0.4) is 0 Å². The van der Waals surface area contributed by atoms with E-state index in [9.17, 15) is 0 Å². The van der Waals surface area contributed by atoms with E-state index in [0.29, 0.717) is 6.04 Å². The van der Waals surface area contributed by atoms with Crippen molar-refractivity contribution >= 4 is 5.69 Å². The molecule has 1 fully saturated rings. The molecule has 1 saturated heterocycles. The number of likely N-dealkylation sites (tertiary alicyclic amines) is 1. The van der Waals surface area contributed by atoms with Crippen LogP contribution < -0.4 is 5.32 Å². The van der Waals surface area contributed by atoms with Gasteiger partial charge in [-0.2, -0.15) is 0 Å². The number of piperidine rings is 1. The lowest BCUT2D eigenvalue weighted by Crippen LogP contribution is -2.35. The third-order valence-electron chi connectivity index (χ3n) is 4.21. The van der Waals surface area contributed by atoms with Gasteiger partial charge in [-0.15, -0.1) is 0 Å². The smallest absolute Gasteiger partial charge is 0.0640 e. The molecule has 0 amide bonds. The van der Waals surface area contributed by atoms with Crippen LogP contribution in [0.25, 0.3) is 0 Å². The Labute approximate surface area is 127 Å². The van der Waals surface area contributed by atoms with E-state index in [-0.39, 0.29) is 0 Å².